The third-order valence-electron chi connectivity index (χ3n) is 2.90. The number of allylic oxidation sites excluding steroid dienone is 5. The van der Waals surface area contributed by atoms with Crippen LogP contribution in [0.3, 0.4) is 0 Å². The smallest absolute Gasteiger partial charge is 0.190 e. The standard InChI is InChI=1S/C14H14N2O/c1-3-4-5-9-8(2)14(17)11-7-13(16)12(15)6-10(9)11/h3-7H,1,15-16H2,2H3/b5-4-. The Morgan fingerprint density at radius 2 is 1.76 bits per heavy atom. The van der Waals surface area contributed by atoms with E-state index >= 15 is 0 Å². The molecule has 1 aliphatic carbocycles. The summed E-state index contributed by atoms with van der Waals surface area (Å²) >= 11 is 0. The minimum atomic E-state index is 0.00964. The van der Waals surface area contributed by atoms with Gasteiger partial charge in [-0.05, 0) is 30.2 Å². The number of fused-ring (bicyclic) bond motifs is 1. The second-order valence-electron chi connectivity index (χ2n) is 3.99. The molecule has 0 bridgehead atoms. The Hall–Kier alpha value is -2.29. The van der Waals surface area contributed by atoms with E-state index in [1.54, 1.807) is 31.2 Å². The van der Waals surface area contributed by atoms with Crippen molar-refractivity contribution in [2.75, 3.05) is 11.5 Å². The zero-order chi connectivity index (χ0) is 12.6. The van der Waals surface area contributed by atoms with Crippen LogP contribution in [0.15, 0.2) is 42.5 Å². The van der Waals surface area contributed by atoms with E-state index < -0.39 is 0 Å². The number of rotatable bonds is 2. The van der Waals surface area contributed by atoms with E-state index in [0.717, 1.165) is 11.1 Å². The molecule has 0 spiro atoms. The molecule has 0 unspecified atom stereocenters. The Morgan fingerprint density at radius 1 is 1.18 bits per heavy atom. The summed E-state index contributed by atoms with van der Waals surface area (Å²) in [5, 5.41) is 0. The van der Waals surface area contributed by atoms with E-state index in [1.165, 1.54) is 0 Å². The lowest BCUT2D eigenvalue weighted by atomic mass is 10.0. The van der Waals surface area contributed by atoms with Gasteiger partial charge in [0.05, 0.1) is 11.4 Å². The molecular formula is C14H14N2O. The van der Waals surface area contributed by atoms with E-state index in [2.05, 4.69) is 6.58 Å². The van der Waals surface area contributed by atoms with Gasteiger partial charge < -0.3 is 11.5 Å². The summed E-state index contributed by atoms with van der Waals surface area (Å²) in [6, 6.07) is 3.40. The molecular weight excluding hydrogens is 212 g/mol. The summed E-state index contributed by atoms with van der Waals surface area (Å²) < 4.78 is 0. The lowest BCUT2D eigenvalue weighted by Crippen LogP contribution is -2.00. The second-order valence-corrected chi connectivity index (χ2v) is 3.99. The first-order chi connectivity index (χ1) is 8.06. The lowest BCUT2D eigenvalue weighted by molar-refractivity contribution is 0.103. The van der Waals surface area contributed by atoms with Gasteiger partial charge in [-0.2, -0.15) is 0 Å². The van der Waals surface area contributed by atoms with Crippen LogP contribution in [0.2, 0.25) is 0 Å². The summed E-state index contributed by atoms with van der Waals surface area (Å²) in [7, 11) is 0. The van der Waals surface area contributed by atoms with Crippen LogP contribution in [-0.4, -0.2) is 5.78 Å². The van der Waals surface area contributed by atoms with Crippen LogP contribution in [0.5, 0.6) is 0 Å². The van der Waals surface area contributed by atoms with Gasteiger partial charge in [-0.1, -0.05) is 24.8 Å². The second kappa shape index (κ2) is 3.94. The van der Waals surface area contributed by atoms with Crippen molar-refractivity contribution in [1.29, 1.82) is 0 Å². The van der Waals surface area contributed by atoms with Crippen LogP contribution in [0.1, 0.15) is 22.8 Å². The molecule has 0 heterocycles. The van der Waals surface area contributed by atoms with Gasteiger partial charge in [0, 0.05) is 11.1 Å². The van der Waals surface area contributed by atoms with E-state index in [4.69, 9.17) is 11.5 Å². The highest BCUT2D eigenvalue weighted by Gasteiger charge is 2.26. The molecule has 3 nitrogen and oxygen atoms in total. The molecule has 0 aromatic heterocycles. The highest BCUT2D eigenvalue weighted by Crippen LogP contribution is 2.36. The van der Waals surface area contributed by atoms with Crippen molar-refractivity contribution < 1.29 is 4.79 Å². The van der Waals surface area contributed by atoms with E-state index in [1.807, 2.05) is 6.08 Å². The van der Waals surface area contributed by atoms with Crippen molar-refractivity contribution in [2.24, 2.45) is 0 Å². The minimum Gasteiger partial charge on any atom is -0.397 e. The van der Waals surface area contributed by atoms with Crippen LogP contribution >= 0.6 is 0 Å². The molecule has 0 atom stereocenters. The normalized spacial score (nSPS) is 14.5. The first-order valence-electron chi connectivity index (χ1n) is 5.30. The minimum absolute atomic E-state index is 0.00964. The fraction of sp³-hybridized carbons (Fsp3) is 0.0714. The molecule has 1 aromatic rings. The maximum Gasteiger partial charge on any atom is 0.190 e. The molecule has 3 heteroatoms. The summed E-state index contributed by atoms with van der Waals surface area (Å²) in [5.41, 5.74) is 15.5. The number of ketones is 1. The number of anilines is 2. The molecule has 1 aromatic carbocycles. The van der Waals surface area contributed by atoms with Gasteiger partial charge in [-0.25, -0.2) is 0 Å². The molecule has 0 saturated heterocycles. The highest BCUT2D eigenvalue weighted by molar-refractivity contribution is 6.22. The van der Waals surface area contributed by atoms with Crippen molar-refractivity contribution >= 4 is 22.7 Å². The Kier molecular flexibility index (Phi) is 2.60. The van der Waals surface area contributed by atoms with Gasteiger partial charge in [0.25, 0.3) is 0 Å². The summed E-state index contributed by atoms with van der Waals surface area (Å²) in [4.78, 5) is 12.0. The Labute approximate surface area is 100 Å². The number of carbonyl (C=O) groups excluding carboxylic acids is 1. The average molecular weight is 226 g/mol. The van der Waals surface area contributed by atoms with E-state index in [-0.39, 0.29) is 5.78 Å². The van der Waals surface area contributed by atoms with Gasteiger partial charge in [0.15, 0.2) is 5.78 Å². The number of benzene rings is 1. The first kappa shape index (κ1) is 11.2. The summed E-state index contributed by atoms with van der Waals surface area (Å²) in [6.07, 6.45) is 5.33. The van der Waals surface area contributed by atoms with Crippen LogP contribution in [0.25, 0.3) is 5.57 Å². The molecule has 0 radical (unpaired) electrons. The zero-order valence-corrected chi connectivity index (χ0v) is 9.66. The lowest BCUT2D eigenvalue weighted by Gasteiger charge is -2.05. The third-order valence-corrected chi connectivity index (χ3v) is 2.90. The van der Waals surface area contributed by atoms with Crippen molar-refractivity contribution in [3.05, 3.63) is 53.6 Å². The molecule has 86 valence electrons. The molecule has 2 rings (SSSR count). The molecule has 17 heavy (non-hydrogen) atoms. The summed E-state index contributed by atoms with van der Waals surface area (Å²) in [5.74, 6) is 0.00964. The fourth-order valence-corrected chi connectivity index (χ4v) is 1.95. The number of nitrogen functional groups attached to an aromatic ring is 2. The van der Waals surface area contributed by atoms with Gasteiger partial charge >= 0.3 is 0 Å². The maximum absolute atomic E-state index is 12.0. The number of nitrogens with two attached hydrogens (primary N) is 2. The SMILES string of the molecule is C=C/C=C\C1=C(C)C(=O)c2cc(N)c(N)cc21. The molecule has 0 aliphatic heterocycles. The van der Waals surface area contributed by atoms with E-state index in [0.29, 0.717) is 22.5 Å². The molecule has 4 N–H and O–H groups in total. The van der Waals surface area contributed by atoms with Crippen molar-refractivity contribution in [2.45, 2.75) is 6.92 Å². The van der Waals surface area contributed by atoms with Crippen LogP contribution in [0.4, 0.5) is 11.4 Å². The Morgan fingerprint density at radius 3 is 2.35 bits per heavy atom. The topological polar surface area (TPSA) is 69.1 Å². The maximum atomic E-state index is 12.0. The van der Waals surface area contributed by atoms with Gasteiger partial charge in [-0.3, -0.25) is 4.79 Å². The summed E-state index contributed by atoms with van der Waals surface area (Å²) in [6.45, 7) is 5.42. The zero-order valence-electron chi connectivity index (χ0n) is 9.66. The third kappa shape index (κ3) is 1.65. The number of carbonyl (C=O) groups is 1. The number of Topliss-reactive ketones (excluding diaryl/α,β-unsaturated/α-hetero) is 1. The van der Waals surface area contributed by atoms with Crippen molar-refractivity contribution in [3.8, 4) is 0 Å². The van der Waals surface area contributed by atoms with Crippen molar-refractivity contribution in [1.82, 2.24) is 0 Å². The number of hydrogen-bond acceptors (Lipinski definition) is 3. The Balaban J connectivity index is 2.65. The first-order valence-corrected chi connectivity index (χ1v) is 5.30. The van der Waals surface area contributed by atoms with Crippen LogP contribution in [-0.2, 0) is 0 Å². The monoisotopic (exact) mass is 226 g/mol. The van der Waals surface area contributed by atoms with Gasteiger partial charge in [-0.15, -0.1) is 0 Å². The molecule has 1 aliphatic rings. The Bertz CT molecular complexity index is 580. The predicted octanol–water partition coefficient (Wildman–Crippen LogP) is 2.56. The molecule has 0 saturated carbocycles. The quantitative estimate of drug-likeness (QED) is 0.601. The average Bonchev–Trinajstić information content (AvgIpc) is 2.52. The predicted molar refractivity (Wildman–Crippen MR) is 71.5 cm³/mol. The number of hydrogen-bond donors (Lipinski definition) is 2. The van der Waals surface area contributed by atoms with Gasteiger partial charge in [0.1, 0.15) is 0 Å². The molecule has 0 amide bonds. The fourth-order valence-electron chi connectivity index (χ4n) is 1.95. The largest absolute Gasteiger partial charge is 0.397 e. The van der Waals surface area contributed by atoms with Crippen molar-refractivity contribution in [3.63, 3.8) is 0 Å². The van der Waals surface area contributed by atoms with Crippen LogP contribution in [0, 0.1) is 0 Å². The van der Waals surface area contributed by atoms with E-state index in [9.17, 15) is 4.79 Å². The van der Waals surface area contributed by atoms with Gasteiger partial charge in [0.2, 0.25) is 0 Å². The van der Waals surface area contributed by atoms with Crippen LogP contribution < -0.4 is 11.5 Å². The molecule has 0 fully saturated rings. The highest BCUT2D eigenvalue weighted by atomic mass is 16.1.